The number of benzene rings is 1. The molecule has 0 saturated heterocycles. The van der Waals surface area contributed by atoms with Gasteiger partial charge in [-0.25, -0.2) is 0 Å². The average Bonchev–Trinajstić information content (AvgIpc) is 2.17. The zero-order valence-electron chi connectivity index (χ0n) is 7.66. The maximum atomic E-state index is 5.34. The van der Waals surface area contributed by atoms with Crippen LogP contribution in [0.1, 0.15) is 12.5 Å². The van der Waals surface area contributed by atoms with Crippen molar-refractivity contribution in [2.45, 2.75) is 13.3 Å². The Labute approximate surface area is 87.5 Å². The molecule has 0 saturated carbocycles. The largest absolute Gasteiger partial charge is 0.494 e. The lowest BCUT2D eigenvalue weighted by Crippen LogP contribution is -1.91. The fraction of sp³-hybridized carbons (Fsp3) is 0.273. The van der Waals surface area contributed by atoms with E-state index in [1.807, 2.05) is 24.0 Å². The number of hydrogen-bond acceptors (Lipinski definition) is 1. The summed E-state index contributed by atoms with van der Waals surface area (Å²) in [5.74, 6) is 0.939. The zero-order valence-corrected chi connectivity index (χ0v) is 9.25. The van der Waals surface area contributed by atoms with Crippen molar-refractivity contribution in [3.05, 3.63) is 40.9 Å². The van der Waals surface area contributed by atoms with Crippen molar-refractivity contribution in [2.75, 3.05) is 6.61 Å². The van der Waals surface area contributed by atoms with Crippen LogP contribution in [0.3, 0.4) is 0 Å². The number of allylic oxidation sites excluding steroid dienone is 1. The van der Waals surface area contributed by atoms with Gasteiger partial charge in [-0.3, -0.25) is 0 Å². The van der Waals surface area contributed by atoms with Crippen LogP contribution in [0.4, 0.5) is 0 Å². The first-order valence-corrected chi connectivity index (χ1v) is 5.25. The van der Waals surface area contributed by atoms with E-state index in [2.05, 4.69) is 34.1 Å². The quantitative estimate of drug-likeness (QED) is 0.783. The van der Waals surface area contributed by atoms with Crippen molar-refractivity contribution in [3.8, 4) is 5.75 Å². The van der Waals surface area contributed by atoms with Crippen molar-refractivity contribution in [3.63, 3.8) is 0 Å². The van der Waals surface area contributed by atoms with Crippen LogP contribution < -0.4 is 4.74 Å². The minimum absolute atomic E-state index is 0.723. The van der Waals surface area contributed by atoms with E-state index in [1.165, 1.54) is 5.56 Å². The highest BCUT2D eigenvalue weighted by molar-refractivity contribution is 9.11. The summed E-state index contributed by atoms with van der Waals surface area (Å²) in [5.41, 5.74) is 1.29. The molecule has 0 amide bonds. The molecule has 0 unspecified atom stereocenters. The van der Waals surface area contributed by atoms with E-state index in [9.17, 15) is 0 Å². The van der Waals surface area contributed by atoms with E-state index in [0.717, 1.165) is 18.8 Å². The minimum atomic E-state index is 0.723. The summed E-state index contributed by atoms with van der Waals surface area (Å²) in [5, 5.41) is 0. The fourth-order valence-electron chi connectivity index (χ4n) is 1.07. The molecule has 0 heterocycles. The second-order valence-corrected chi connectivity index (χ2v) is 3.17. The van der Waals surface area contributed by atoms with Gasteiger partial charge in [0.15, 0.2) is 0 Å². The first kappa shape index (κ1) is 10.3. The van der Waals surface area contributed by atoms with Crippen molar-refractivity contribution in [1.82, 2.24) is 0 Å². The zero-order chi connectivity index (χ0) is 9.52. The molecule has 0 fully saturated rings. The third-order valence-corrected chi connectivity index (χ3v) is 2.05. The Morgan fingerprint density at radius 3 is 2.54 bits per heavy atom. The van der Waals surface area contributed by atoms with E-state index in [1.54, 1.807) is 0 Å². The van der Waals surface area contributed by atoms with Gasteiger partial charge >= 0.3 is 0 Å². The number of halogens is 1. The number of rotatable bonds is 4. The summed E-state index contributed by atoms with van der Waals surface area (Å²) in [4.78, 5) is 1.88. The molecule has 0 aromatic heterocycles. The van der Waals surface area contributed by atoms with E-state index in [-0.39, 0.29) is 0 Å². The molecule has 0 aliphatic heterocycles. The second-order valence-electron chi connectivity index (χ2n) is 2.64. The van der Waals surface area contributed by atoms with Gasteiger partial charge in [-0.05, 0) is 36.0 Å². The topological polar surface area (TPSA) is 9.23 Å². The molecule has 1 aromatic rings. The highest BCUT2D eigenvalue weighted by Gasteiger charge is 1.92. The molecule has 0 aliphatic carbocycles. The van der Waals surface area contributed by atoms with Gasteiger partial charge in [-0.1, -0.05) is 34.1 Å². The monoisotopic (exact) mass is 240 g/mol. The molecule has 0 aliphatic rings. The van der Waals surface area contributed by atoms with E-state index >= 15 is 0 Å². The Balaban J connectivity index is 2.58. The van der Waals surface area contributed by atoms with Gasteiger partial charge in [0.1, 0.15) is 5.75 Å². The summed E-state index contributed by atoms with van der Waals surface area (Å²) in [6, 6.07) is 8.16. The van der Waals surface area contributed by atoms with Crippen LogP contribution >= 0.6 is 15.9 Å². The van der Waals surface area contributed by atoms with Crippen molar-refractivity contribution >= 4 is 15.9 Å². The van der Waals surface area contributed by atoms with E-state index in [0.29, 0.717) is 0 Å². The van der Waals surface area contributed by atoms with E-state index in [4.69, 9.17) is 4.74 Å². The predicted octanol–water partition coefficient (Wildman–Crippen LogP) is 3.54. The molecule has 2 heteroatoms. The molecule has 1 nitrogen and oxygen atoms in total. The van der Waals surface area contributed by atoms with Gasteiger partial charge in [0.25, 0.3) is 0 Å². The molecule has 13 heavy (non-hydrogen) atoms. The molecule has 1 aromatic carbocycles. The van der Waals surface area contributed by atoms with Crippen LogP contribution in [0.25, 0.3) is 0 Å². The average molecular weight is 241 g/mol. The molecular weight excluding hydrogens is 228 g/mol. The predicted molar refractivity (Wildman–Crippen MR) is 59.4 cm³/mol. The Bertz CT molecular complexity index is 264. The molecule has 0 atom stereocenters. The minimum Gasteiger partial charge on any atom is -0.494 e. The van der Waals surface area contributed by atoms with Crippen LogP contribution in [0, 0.1) is 0 Å². The normalized spacial score (nSPS) is 10.6. The Morgan fingerprint density at radius 1 is 1.31 bits per heavy atom. The summed E-state index contributed by atoms with van der Waals surface area (Å²) in [7, 11) is 0. The lowest BCUT2D eigenvalue weighted by atomic mass is 10.1. The van der Waals surface area contributed by atoms with Gasteiger partial charge in [0.2, 0.25) is 0 Å². The molecule has 0 spiro atoms. The van der Waals surface area contributed by atoms with Crippen LogP contribution in [0.2, 0.25) is 0 Å². The van der Waals surface area contributed by atoms with Gasteiger partial charge in [-0.15, -0.1) is 0 Å². The van der Waals surface area contributed by atoms with Crippen molar-refractivity contribution < 1.29 is 4.74 Å². The summed E-state index contributed by atoms with van der Waals surface area (Å²) >= 11 is 3.24. The summed E-state index contributed by atoms with van der Waals surface area (Å²) in [6.45, 7) is 2.71. The van der Waals surface area contributed by atoms with Crippen molar-refractivity contribution in [1.29, 1.82) is 0 Å². The van der Waals surface area contributed by atoms with Gasteiger partial charge in [0.05, 0.1) is 6.61 Å². The highest BCUT2D eigenvalue weighted by atomic mass is 79.9. The second kappa shape index (κ2) is 5.81. The smallest absolute Gasteiger partial charge is 0.119 e. The third-order valence-electron chi connectivity index (χ3n) is 1.68. The molecule has 70 valence electrons. The van der Waals surface area contributed by atoms with Crippen molar-refractivity contribution in [2.24, 2.45) is 0 Å². The van der Waals surface area contributed by atoms with Crippen LogP contribution in [0.5, 0.6) is 5.75 Å². The fourth-order valence-corrected chi connectivity index (χ4v) is 1.26. The molecular formula is C11H13BrO. The van der Waals surface area contributed by atoms with Crippen LogP contribution in [-0.2, 0) is 6.42 Å². The highest BCUT2D eigenvalue weighted by Crippen LogP contribution is 2.12. The summed E-state index contributed by atoms with van der Waals surface area (Å²) < 4.78 is 5.34. The first-order chi connectivity index (χ1) is 6.36. The van der Waals surface area contributed by atoms with E-state index < -0.39 is 0 Å². The first-order valence-electron chi connectivity index (χ1n) is 4.33. The Hall–Kier alpha value is -0.760. The third kappa shape index (κ3) is 3.64. The maximum Gasteiger partial charge on any atom is 0.119 e. The van der Waals surface area contributed by atoms with Crippen LogP contribution in [0.15, 0.2) is 35.3 Å². The van der Waals surface area contributed by atoms with Crippen LogP contribution in [-0.4, -0.2) is 6.61 Å². The standard InChI is InChI=1S/C11H13BrO/c1-2-13-11-7-5-10(6-8-11)4-3-9-12/h3,5-9H,2,4H2,1H3. The molecule has 0 N–H and O–H groups in total. The SMILES string of the molecule is CCOc1ccc(CC=CBr)cc1. The lowest BCUT2D eigenvalue weighted by molar-refractivity contribution is 0.340. The lowest BCUT2D eigenvalue weighted by Gasteiger charge is -2.02. The van der Waals surface area contributed by atoms with Gasteiger partial charge in [-0.2, -0.15) is 0 Å². The number of ether oxygens (including phenoxy) is 1. The Kier molecular flexibility index (Phi) is 4.61. The molecule has 0 radical (unpaired) electrons. The number of hydrogen-bond donors (Lipinski definition) is 0. The molecule has 0 bridgehead atoms. The maximum absolute atomic E-state index is 5.34. The molecule has 1 rings (SSSR count). The van der Waals surface area contributed by atoms with Gasteiger partial charge < -0.3 is 4.74 Å². The van der Waals surface area contributed by atoms with Gasteiger partial charge in [0, 0.05) is 0 Å². The Morgan fingerprint density at radius 2 is 2.00 bits per heavy atom. The summed E-state index contributed by atoms with van der Waals surface area (Å²) in [6.07, 6.45) is 3.02.